The molecule has 0 aliphatic heterocycles. The van der Waals surface area contributed by atoms with Crippen LogP contribution >= 0.6 is 11.6 Å². The van der Waals surface area contributed by atoms with Crippen LogP contribution in [-0.2, 0) is 16.4 Å². The van der Waals surface area contributed by atoms with Crippen molar-refractivity contribution in [3.8, 4) is 0 Å². The van der Waals surface area contributed by atoms with Crippen molar-refractivity contribution in [3.63, 3.8) is 0 Å². The standard InChI is InChI=1S/C17H19ClN2O3S/c1-11-9-14(10-16(12(11)2)24(19,22)23)17(21)20-8-7-13-3-5-15(18)6-4-13/h3-6,9-10H,7-8H2,1-2H3,(H,20,21)(H2,19,22,23). The summed E-state index contributed by atoms with van der Waals surface area (Å²) >= 11 is 5.83. The van der Waals surface area contributed by atoms with Crippen LogP contribution in [-0.4, -0.2) is 20.9 Å². The lowest BCUT2D eigenvalue weighted by Gasteiger charge is -2.11. The molecule has 2 rings (SSSR count). The second-order valence-corrected chi connectivity index (χ2v) is 7.56. The molecular formula is C17H19ClN2O3S. The number of halogens is 1. The average molecular weight is 367 g/mol. The number of aryl methyl sites for hydroxylation is 1. The van der Waals surface area contributed by atoms with E-state index in [0.717, 1.165) is 5.56 Å². The number of amides is 1. The minimum Gasteiger partial charge on any atom is -0.352 e. The van der Waals surface area contributed by atoms with Crippen LogP contribution in [0.4, 0.5) is 0 Å². The SMILES string of the molecule is Cc1cc(C(=O)NCCc2ccc(Cl)cc2)cc(S(N)(=O)=O)c1C. The molecule has 0 aliphatic rings. The van der Waals surface area contributed by atoms with Gasteiger partial charge in [0.15, 0.2) is 0 Å². The van der Waals surface area contributed by atoms with Crippen LogP contribution in [0.3, 0.4) is 0 Å². The maximum atomic E-state index is 12.3. The number of hydrogen-bond acceptors (Lipinski definition) is 3. The lowest BCUT2D eigenvalue weighted by Crippen LogP contribution is -2.26. The van der Waals surface area contributed by atoms with Crippen molar-refractivity contribution in [1.82, 2.24) is 5.32 Å². The Morgan fingerprint density at radius 1 is 1.17 bits per heavy atom. The van der Waals surface area contributed by atoms with Crippen LogP contribution < -0.4 is 10.5 Å². The van der Waals surface area contributed by atoms with Gasteiger partial charge in [-0.05, 0) is 61.2 Å². The largest absolute Gasteiger partial charge is 0.352 e. The highest BCUT2D eigenvalue weighted by Crippen LogP contribution is 2.20. The topological polar surface area (TPSA) is 89.3 Å². The Morgan fingerprint density at radius 2 is 1.79 bits per heavy atom. The molecule has 0 bridgehead atoms. The lowest BCUT2D eigenvalue weighted by molar-refractivity contribution is 0.0954. The fraction of sp³-hybridized carbons (Fsp3) is 0.235. The van der Waals surface area contributed by atoms with Crippen LogP contribution in [0.25, 0.3) is 0 Å². The monoisotopic (exact) mass is 366 g/mol. The van der Waals surface area contributed by atoms with Crippen LogP contribution in [0, 0.1) is 13.8 Å². The Kier molecular flexibility index (Phi) is 5.64. The molecule has 24 heavy (non-hydrogen) atoms. The van der Waals surface area contributed by atoms with Crippen LogP contribution in [0.15, 0.2) is 41.3 Å². The minimum atomic E-state index is -3.87. The molecule has 5 nitrogen and oxygen atoms in total. The summed E-state index contributed by atoms with van der Waals surface area (Å²) in [4.78, 5) is 12.2. The van der Waals surface area contributed by atoms with Gasteiger partial charge in [0, 0.05) is 17.1 Å². The van der Waals surface area contributed by atoms with E-state index in [1.165, 1.54) is 6.07 Å². The molecule has 0 aromatic heterocycles. The zero-order valence-corrected chi connectivity index (χ0v) is 15.0. The normalized spacial score (nSPS) is 11.3. The molecule has 128 valence electrons. The number of sulfonamides is 1. The fourth-order valence-corrected chi connectivity index (χ4v) is 3.33. The van der Waals surface area contributed by atoms with Crippen molar-refractivity contribution < 1.29 is 13.2 Å². The fourth-order valence-electron chi connectivity index (χ4n) is 2.33. The van der Waals surface area contributed by atoms with Gasteiger partial charge in [-0.15, -0.1) is 0 Å². The third-order valence-corrected chi connectivity index (χ3v) is 5.09. The van der Waals surface area contributed by atoms with E-state index in [2.05, 4.69) is 5.32 Å². The van der Waals surface area contributed by atoms with Gasteiger partial charge in [0.05, 0.1) is 4.90 Å². The van der Waals surface area contributed by atoms with Gasteiger partial charge in [-0.25, -0.2) is 13.6 Å². The van der Waals surface area contributed by atoms with E-state index in [1.807, 2.05) is 12.1 Å². The number of primary sulfonamides is 1. The van der Waals surface area contributed by atoms with Crippen molar-refractivity contribution in [3.05, 3.63) is 63.7 Å². The second kappa shape index (κ2) is 7.34. The first kappa shape index (κ1) is 18.4. The number of hydrogen-bond donors (Lipinski definition) is 2. The van der Waals surface area contributed by atoms with Crippen molar-refractivity contribution in [1.29, 1.82) is 0 Å². The predicted octanol–water partition coefficient (Wildman–Crippen LogP) is 2.58. The summed E-state index contributed by atoms with van der Waals surface area (Å²) in [5.74, 6) is -0.336. The maximum Gasteiger partial charge on any atom is 0.251 e. The highest BCUT2D eigenvalue weighted by atomic mass is 35.5. The molecule has 0 saturated carbocycles. The van der Waals surface area contributed by atoms with E-state index >= 15 is 0 Å². The zero-order chi connectivity index (χ0) is 17.9. The van der Waals surface area contributed by atoms with Gasteiger partial charge in [0.2, 0.25) is 10.0 Å². The molecule has 0 spiro atoms. The van der Waals surface area contributed by atoms with Gasteiger partial charge in [0.25, 0.3) is 5.91 Å². The Hall–Kier alpha value is -1.89. The predicted molar refractivity (Wildman–Crippen MR) is 94.8 cm³/mol. The van der Waals surface area contributed by atoms with E-state index in [4.69, 9.17) is 16.7 Å². The first-order chi connectivity index (χ1) is 11.2. The first-order valence-corrected chi connectivity index (χ1v) is 9.27. The first-order valence-electron chi connectivity index (χ1n) is 7.35. The minimum absolute atomic E-state index is 0.0228. The van der Waals surface area contributed by atoms with Crippen LogP contribution in [0.5, 0.6) is 0 Å². The van der Waals surface area contributed by atoms with Gasteiger partial charge >= 0.3 is 0 Å². The summed E-state index contributed by atoms with van der Waals surface area (Å²) in [6, 6.07) is 10.3. The van der Waals surface area contributed by atoms with Crippen molar-refractivity contribution in [2.24, 2.45) is 5.14 Å². The quantitative estimate of drug-likeness (QED) is 0.852. The number of benzene rings is 2. The summed E-state index contributed by atoms with van der Waals surface area (Å²) in [6.07, 6.45) is 0.649. The molecule has 0 radical (unpaired) electrons. The molecule has 0 atom stereocenters. The van der Waals surface area contributed by atoms with Crippen molar-refractivity contribution in [2.75, 3.05) is 6.54 Å². The Bertz CT molecular complexity index is 862. The molecule has 7 heteroatoms. The summed E-state index contributed by atoms with van der Waals surface area (Å²) in [6.45, 7) is 3.84. The number of rotatable bonds is 5. The highest BCUT2D eigenvalue weighted by molar-refractivity contribution is 7.89. The van der Waals surface area contributed by atoms with Gasteiger partial charge in [-0.1, -0.05) is 23.7 Å². The Labute approximate surface area is 146 Å². The summed E-state index contributed by atoms with van der Waals surface area (Å²) in [5, 5.41) is 8.65. The number of carbonyl (C=O) groups is 1. The van der Waals surface area contributed by atoms with E-state index < -0.39 is 10.0 Å². The van der Waals surface area contributed by atoms with E-state index in [-0.39, 0.29) is 16.4 Å². The molecule has 0 saturated heterocycles. The molecule has 0 fully saturated rings. The van der Waals surface area contributed by atoms with Gasteiger partial charge in [-0.2, -0.15) is 0 Å². The molecule has 0 aliphatic carbocycles. The molecule has 0 heterocycles. The third kappa shape index (κ3) is 4.56. The Morgan fingerprint density at radius 3 is 2.38 bits per heavy atom. The van der Waals surface area contributed by atoms with Gasteiger partial charge in [-0.3, -0.25) is 4.79 Å². The summed E-state index contributed by atoms with van der Waals surface area (Å²) in [5.41, 5.74) is 2.57. The molecule has 1 amide bonds. The van der Waals surface area contributed by atoms with Gasteiger partial charge in [0.1, 0.15) is 0 Å². The summed E-state index contributed by atoms with van der Waals surface area (Å²) in [7, 11) is -3.87. The Balaban J connectivity index is 2.10. The third-order valence-electron chi connectivity index (χ3n) is 3.80. The van der Waals surface area contributed by atoms with Crippen LogP contribution in [0.1, 0.15) is 27.0 Å². The maximum absolute atomic E-state index is 12.3. The van der Waals surface area contributed by atoms with Crippen molar-refractivity contribution in [2.45, 2.75) is 25.2 Å². The van der Waals surface area contributed by atoms with Crippen molar-refractivity contribution >= 4 is 27.5 Å². The van der Waals surface area contributed by atoms with Gasteiger partial charge < -0.3 is 5.32 Å². The molecule has 2 aromatic carbocycles. The average Bonchev–Trinajstić information content (AvgIpc) is 2.50. The van der Waals surface area contributed by atoms with E-state index in [1.54, 1.807) is 32.0 Å². The molecule has 2 aromatic rings. The van der Waals surface area contributed by atoms with Crippen LogP contribution in [0.2, 0.25) is 5.02 Å². The molecule has 0 unspecified atom stereocenters. The lowest BCUT2D eigenvalue weighted by atomic mass is 10.1. The zero-order valence-electron chi connectivity index (χ0n) is 13.5. The second-order valence-electron chi connectivity index (χ2n) is 5.59. The summed E-state index contributed by atoms with van der Waals surface area (Å²) < 4.78 is 23.3. The molecular weight excluding hydrogens is 348 g/mol. The van der Waals surface area contributed by atoms with E-state index in [9.17, 15) is 13.2 Å². The number of nitrogens with two attached hydrogens (primary N) is 1. The number of nitrogens with one attached hydrogen (secondary N) is 1. The smallest absolute Gasteiger partial charge is 0.251 e. The molecule has 3 N–H and O–H groups in total. The number of carbonyl (C=O) groups excluding carboxylic acids is 1. The highest BCUT2D eigenvalue weighted by Gasteiger charge is 2.17. The van der Waals surface area contributed by atoms with E-state index in [0.29, 0.717) is 29.1 Å².